The number of methoxy groups -OCH3 is 1. The van der Waals surface area contributed by atoms with Crippen molar-refractivity contribution in [1.82, 2.24) is 0 Å². The summed E-state index contributed by atoms with van der Waals surface area (Å²) in [5.74, 6) is -3.16. The van der Waals surface area contributed by atoms with E-state index in [1.165, 1.54) is 55.6 Å². The Balaban J connectivity index is 1.57. The molecule has 2 amide bonds. The number of carbonyl (C=O) groups is 4. The van der Waals surface area contributed by atoms with Gasteiger partial charge in [0.25, 0.3) is 11.8 Å². The Labute approximate surface area is 213 Å². The molecule has 3 aromatic carbocycles. The highest BCUT2D eigenvalue weighted by Crippen LogP contribution is 2.35. The monoisotopic (exact) mass is 528 g/mol. The van der Waals surface area contributed by atoms with Crippen LogP contribution in [0.25, 0.3) is 0 Å². The number of nitro groups is 1. The Hall–Kier alpha value is -4.28. The predicted molar refractivity (Wildman–Crippen MR) is 128 cm³/mol. The van der Waals surface area contributed by atoms with Crippen LogP contribution in [-0.4, -0.2) is 42.2 Å². The highest BCUT2D eigenvalue weighted by atomic mass is 35.5. The standard InChI is InChI=1S/C24H14Cl2N2O8/c1-35-21-7-6-12(8-19(21)28(33)34)20(29)11-36-24(32)13-4-2-3-5-18(13)27-22(30)14-9-16(25)17(26)10-15(14)23(27)31/h2-10H,11H2,1H3. The third-order valence-electron chi connectivity index (χ3n) is 5.32. The van der Waals surface area contributed by atoms with Gasteiger partial charge in [-0.3, -0.25) is 24.5 Å². The molecule has 0 saturated carbocycles. The van der Waals surface area contributed by atoms with E-state index in [1.807, 2.05) is 0 Å². The van der Waals surface area contributed by atoms with E-state index in [0.29, 0.717) is 0 Å². The summed E-state index contributed by atoms with van der Waals surface area (Å²) in [7, 11) is 1.25. The summed E-state index contributed by atoms with van der Waals surface area (Å²) >= 11 is 12.0. The molecule has 1 aliphatic heterocycles. The summed E-state index contributed by atoms with van der Waals surface area (Å²) < 4.78 is 10.0. The molecule has 0 N–H and O–H groups in total. The summed E-state index contributed by atoms with van der Waals surface area (Å²) in [6, 6.07) is 11.8. The van der Waals surface area contributed by atoms with Gasteiger partial charge in [0.15, 0.2) is 12.4 Å². The first-order valence-corrected chi connectivity index (χ1v) is 10.9. The van der Waals surface area contributed by atoms with Crippen LogP contribution >= 0.6 is 23.2 Å². The molecule has 10 nitrogen and oxygen atoms in total. The fraction of sp³-hybridized carbons (Fsp3) is 0.0833. The lowest BCUT2D eigenvalue weighted by Gasteiger charge is -2.17. The number of ether oxygens (including phenoxy) is 2. The zero-order valence-electron chi connectivity index (χ0n) is 18.3. The number of hydrogen-bond acceptors (Lipinski definition) is 8. The van der Waals surface area contributed by atoms with Gasteiger partial charge in [0.1, 0.15) is 0 Å². The topological polar surface area (TPSA) is 133 Å². The highest BCUT2D eigenvalue weighted by molar-refractivity contribution is 6.44. The molecule has 0 atom stereocenters. The maximum absolute atomic E-state index is 13.0. The van der Waals surface area contributed by atoms with Crippen molar-refractivity contribution in [3.05, 3.63) is 97.0 Å². The van der Waals surface area contributed by atoms with Crippen LogP contribution in [0.3, 0.4) is 0 Å². The van der Waals surface area contributed by atoms with E-state index in [-0.39, 0.29) is 43.7 Å². The fourth-order valence-corrected chi connectivity index (χ4v) is 3.92. The molecule has 36 heavy (non-hydrogen) atoms. The highest BCUT2D eigenvalue weighted by Gasteiger charge is 2.39. The summed E-state index contributed by atoms with van der Waals surface area (Å²) in [5.41, 5.74) is -0.669. The van der Waals surface area contributed by atoms with E-state index in [4.69, 9.17) is 32.7 Å². The third kappa shape index (κ3) is 4.39. The third-order valence-corrected chi connectivity index (χ3v) is 6.05. The SMILES string of the molecule is COc1ccc(C(=O)COC(=O)c2ccccc2N2C(=O)c3cc(Cl)c(Cl)cc3C2=O)cc1[N+](=O)[O-]. The maximum Gasteiger partial charge on any atom is 0.340 e. The number of anilines is 1. The first-order valence-electron chi connectivity index (χ1n) is 10.1. The van der Waals surface area contributed by atoms with Gasteiger partial charge in [0.05, 0.1) is 44.5 Å². The average molecular weight is 529 g/mol. The van der Waals surface area contributed by atoms with Crippen molar-refractivity contribution in [2.75, 3.05) is 18.6 Å². The van der Waals surface area contributed by atoms with E-state index >= 15 is 0 Å². The van der Waals surface area contributed by atoms with Crippen molar-refractivity contribution >= 4 is 58.1 Å². The van der Waals surface area contributed by atoms with Gasteiger partial charge in [-0.05, 0) is 36.4 Å². The van der Waals surface area contributed by atoms with Gasteiger partial charge in [0.2, 0.25) is 5.78 Å². The van der Waals surface area contributed by atoms with E-state index in [1.54, 1.807) is 0 Å². The molecule has 3 aromatic rings. The van der Waals surface area contributed by atoms with Gasteiger partial charge in [-0.1, -0.05) is 35.3 Å². The van der Waals surface area contributed by atoms with E-state index in [2.05, 4.69) is 0 Å². The van der Waals surface area contributed by atoms with Crippen LogP contribution in [0.2, 0.25) is 10.0 Å². The van der Waals surface area contributed by atoms with Gasteiger partial charge in [-0.15, -0.1) is 0 Å². The summed E-state index contributed by atoms with van der Waals surface area (Å²) in [6.45, 7) is -0.746. The minimum atomic E-state index is -0.991. The second-order valence-corrected chi connectivity index (χ2v) is 8.23. The van der Waals surface area contributed by atoms with Crippen LogP contribution in [0, 0.1) is 10.1 Å². The number of amides is 2. The summed E-state index contributed by atoms with van der Waals surface area (Å²) in [6.07, 6.45) is 0. The number of carbonyl (C=O) groups excluding carboxylic acids is 4. The Morgan fingerprint density at radius 1 is 0.972 bits per heavy atom. The van der Waals surface area contributed by atoms with Gasteiger partial charge in [0, 0.05) is 11.6 Å². The van der Waals surface area contributed by atoms with Gasteiger partial charge < -0.3 is 9.47 Å². The molecule has 1 heterocycles. The van der Waals surface area contributed by atoms with Crippen molar-refractivity contribution in [2.45, 2.75) is 0 Å². The van der Waals surface area contributed by atoms with Crippen LogP contribution in [0.5, 0.6) is 5.75 Å². The van der Waals surface area contributed by atoms with Crippen molar-refractivity contribution in [3.63, 3.8) is 0 Å². The Morgan fingerprint density at radius 2 is 1.58 bits per heavy atom. The first kappa shape index (κ1) is 24.8. The number of nitro benzene ring substituents is 1. The van der Waals surface area contributed by atoms with Crippen LogP contribution in [-0.2, 0) is 4.74 Å². The maximum atomic E-state index is 13.0. The van der Waals surface area contributed by atoms with Crippen LogP contribution in [0.4, 0.5) is 11.4 Å². The molecule has 0 spiro atoms. The second kappa shape index (κ2) is 9.76. The molecule has 0 bridgehead atoms. The molecular weight excluding hydrogens is 515 g/mol. The molecule has 182 valence electrons. The lowest BCUT2D eigenvalue weighted by molar-refractivity contribution is -0.385. The molecule has 1 aliphatic rings. The molecule has 0 aliphatic carbocycles. The predicted octanol–water partition coefficient (Wildman–Crippen LogP) is 4.75. The number of benzene rings is 3. The number of rotatable bonds is 7. The zero-order valence-corrected chi connectivity index (χ0v) is 19.8. The molecule has 12 heteroatoms. The van der Waals surface area contributed by atoms with Crippen molar-refractivity contribution in [1.29, 1.82) is 0 Å². The number of para-hydroxylation sites is 1. The van der Waals surface area contributed by atoms with E-state index in [0.717, 1.165) is 11.0 Å². The number of ketones is 1. The number of hydrogen-bond donors (Lipinski definition) is 0. The lowest BCUT2D eigenvalue weighted by Crippen LogP contribution is -2.31. The molecule has 0 unspecified atom stereocenters. The van der Waals surface area contributed by atoms with Crippen molar-refractivity contribution < 1.29 is 33.6 Å². The summed E-state index contributed by atoms with van der Waals surface area (Å²) in [5, 5.41) is 11.4. The fourth-order valence-electron chi connectivity index (χ4n) is 3.59. The molecule has 4 rings (SSSR count). The van der Waals surface area contributed by atoms with Crippen LogP contribution in [0.15, 0.2) is 54.6 Å². The number of halogens is 2. The largest absolute Gasteiger partial charge is 0.490 e. The number of Topliss-reactive ketones (excluding diaryl/α,β-unsaturated/α-hetero) is 1. The number of fused-ring (bicyclic) bond motifs is 1. The Kier molecular flexibility index (Phi) is 6.73. The van der Waals surface area contributed by atoms with E-state index < -0.39 is 40.8 Å². The summed E-state index contributed by atoms with van der Waals surface area (Å²) in [4.78, 5) is 62.6. The zero-order chi connectivity index (χ0) is 26.1. The lowest BCUT2D eigenvalue weighted by atomic mass is 10.1. The Bertz CT molecular complexity index is 1430. The molecular formula is C24H14Cl2N2O8. The number of imide groups is 1. The van der Waals surface area contributed by atoms with Gasteiger partial charge in [-0.25, -0.2) is 9.69 Å². The minimum absolute atomic E-state index is 0.0221. The quantitative estimate of drug-likeness (QED) is 0.141. The molecule has 0 saturated heterocycles. The first-order chi connectivity index (χ1) is 17.1. The second-order valence-electron chi connectivity index (χ2n) is 7.42. The average Bonchev–Trinajstić information content (AvgIpc) is 3.10. The smallest absolute Gasteiger partial charge is 0.340 e. The van der Waals surface area contributed by atoms with E-state index in [9.17, 15) is 29.3 Å². The van der Waals surface area contributed by atoms with Crippen molar-refractivity contribution in [2.24, 2.45) is 0 Å². The Morgan fingerprint density at radius 3 is 2.17 bits per heavy atom. The van der Waals surface area contributed by atoms with Gasteiger partial charge in [-0.2, -0.15) is 0 Å². The van der Waals surface area contributed by atoms with Crippen molar-refractivity contribution in [3.8, 4) is 5.75 Å². The van der Waals surface area contributed by atoms with Crippen LogP contribution in [0.1, 0.15) is 41.4 Å². The van der Waals surface area contributed by atoms with Gasteiger partial charge >= 0.3 is 11.7 Å². The minimum Gasteiger partial charge on any atom is -0.490 e. The normalized spacial score (nSPS) is 12.4. The molecule has 0 fully saturated rings. The number of nitrogens with zero attached hydrogens (tertiary/aromatic N) is 2. The number of esters is 1. The molecule has 0 radical (unpaired) electrons. The molecule has 0 aromatic heterocycles. The van der Waals surface area contributed by atoms with Crippen LogP contribution < -0.4 is 9.64 Å².